The second kappa shape index (κ2) is 17.5. The fourth-order valence-electron chi connectivity index (χ4n) is 11.8. The molecular weight excluding hydrogens is 1020 g/mol. The van der Waals surface area contributed by atoms with E-state index in [2.05, 4.69) is 261 Å². The maximum atomic E-state index is 2.86. The topological polar surface area (TPSA) is 0 Å². The summed E-state index contributed by atoms with van der Waals surface area (Å²) in [7, 11) is -13.5. The number of hydrogen-bond donors (Lipinski definition) is 0. The van der Waals surface area contributed by atoms with Gasteiger partial charge in [0.25, 0.3) is 0 Å². The molecule has 58 heavy (non-hydrogen) atoms. The van der Waals surface area contributed by atoms with Crippen LogP contribution in [0.15, 0.2) is 182 Å². The van der Waals surface area contributed by atoms with Crippen molar-refractivity contribution in [2.24, 2.45) is 0 Å². The second-order valence-electron chi connectivity index (χ2n) is 19.5. The Morgan fingerprint density at radius 1 is 0.224 bits per heavy atom. The van der Waals surface area contributed by atoms with Crippen LogP contribution in [0.2, 0.25) is 83.2 Å². The fraction of sp³-hybridized carbons (Fsp3) is 0.280. The molecule has 0 unspecified atom stereocenters. The molecule has 6 rings (SSSR count). The molecule has 8 heteroatoms. The Hall–Kier alpha value is -1.80. The van der Waals surface area contributed by atoms with Gasteiger partial charge in [-0.15, -0.1) is 0 Å². The van der Waals surface area contributed by atoms with E-state index in [1.807, 2.05) is 0 Å². The van der Waals surface area contributed by atoms with Gasteiger partial charge in [0, 0.05) is 0 Å². The van der Waals surface area contributed by atoms with Crippen LogP contribution in [0.3, 0.4) is 0 Å². The molecule has 0 radical (unpaired) electrons. The van der Waals surface area contributed by atoms with Gasteiger partial charge in [0.2, 0.25) is 0 Å². The molecule has 0 heterocycles. The zero-order chi connectivity index (χ0) is 42.1. The molecule has 0 aliphatic rings. The third-order valence-corrected chi connectivity index (χ3v) is 120. The van der Waals surface area contributed by atoms with Crippen LogP contribution >= 0.6 is 0 Å². The predicted molar refractivity (Wildman–Crippen MR) is 278 cm³/mol. The van der Waals surface area contributed by atoms with Crippen molar-refractivity contribution in [3.63, 3.8) is 0 Å². The summed E-state index contributed by atoms with van der Waals surface area (Å²) in [6.45, 7) is 34.3. The van der Waals surface area contributed by atoms with Crippen LogP contribution in [0.25, 0.3) is 0 Å². The molecule has 0 nitrogen and oxygen atoms in total. The number of hydrogen-bond acceptors (Lipinski definition) is 0. The van der Waals surface area contributed by atoms with Gasteiger partial charge in [-0.2, -0.15) is 0 Å². The zero-order valence-corrected chi connectivity index (χ0v) is 47.8. The first-order chi connectivity index (χ1) is 27.3. The second-order valence-corrected chi connectivity index (χ2v) is 67.5. The van der Waals surface area contributed by atoms with Crippen LogP contribution in [0, 0.1) is 0 Å². The first-order valence-electron chi connectivity index (χ1n) is 21.0. The maximum absolute atomic E-state index is 2.86. The quantitative estimate of drug-likeness (QED) is 0.0901. The summed E-state index contributed by atoms with van der Waals surface area (Å²) < 4.78 is 0.637. The van der Waals surface area contributed by atoms with E-state index in [0.717, 1.165) is 0 Å². The zero-order valence-electron chi connectivity index (χ0n) is 37.1. The molecule has 0 aliphatic heterocycles. The van der Waals surface area contributed by atoms with Gasteiger partial charge in [0.1, 0.15) is 0 Å². The Bertz CT molecular complexity index is 1810. The summed E-state index contributed by atoms with van der Waals surface area (Å²) in [6.07, 6.45) is 0. The summed E-state index contributed by atoms with van der Waals surface area (Å²) in [6, 6.07) is 72.4. The molecule has 6 aromatic carbocycles. The molecule has 0 atom stereocenters. The Morgan fingerprint density at radius 3 is 0.466 bits per heavy atom. The first-order valence-corrected chi connectivity index (χ1v) is 48.7. The van der Waals surface area contributed by atoms with Crippen LogP contribution in [0.4, 0.5) is 0 Å². The van der Waals surface area contributed by atoms with Gasteiger partial charge in [-0.05, 0) is 0 Å². The van der Waals surface area contributed by atoms with E-state index < -0.39 is 82.6 Å². The Labute approximate surface area is 375 Å². The Morgan fingerprint density at radius 2 is 0.345 bits per heavy atom. The summed E-state index contributed by atoms with van der Waals surface area (Å²) in [4.78, 5) is 0. The fourth-order valence-corrected chi connectivity index (χ4v) is 170. The standard InChI is InChI=1S/C50H66Si6Te2/c1-51(2,43-31-19-13-20-32-43)49(52(3,4)44-33-21-14-22-34-44,53(5,6)45-35-23-15-24-36-45)57-58-50(54(7,8)46-37-25-16-26-38-46,55(9,10)47-39-27-17-28-40-47)56(11,12)48-41-29-18-30-42-48/h13-42H,1-12H3. The SMILES string of the molecule is C[Si](C)(c1ccccc1)C([Te][Te]C([Si](C)(C)c1ccccc1)([Si](C)(C)c1ccccc1)[Si](C)(C)c1ccccc1)([Si](C)(C)c1ccccc1)[Si](C)(C)c1ccccc1. The van der Waals surface area contributed by atoms with Gasteiger partial charge in [-0.3, -0.25) is 0 Å². The van der Waals surface area contributed by atoms with E-state index in [0.29, 0.717) is 4.67 Å². The third kappa shape index (κ3) is 7.48. The van der Waals surface area contributed by atoms with Gasteiger partial charge in [-0.25, -0.2) is 0 Å². The van der Waals surface area contributed by atoms with Crippen LogP contribution in [-0.4, -0.2) is 82.6 Å². The molecule has 0 aromatic heterocycles. The van der Waals surface area contributed by atoms with Crippen LogP contribution in [0.1, 0.15) is 0 Å². The van der Waals surface area contributed by atoms with E-state index in [-0.39, 0.29) is 0 Å². The van der Waals surface area contributed by atoms with Gasteiger partial charge in [0.05, 0.1) is 0 Å². The van der Waals surface area contributed by atoms with Gasteiger partial charge >= 0.3 is 379 Å². The van der Waals surface area contributed by atoms with E-state index in [1.165, 1.54) is 0 Å². The van der Waals surface area contributed by atoms with E-state index >= 15 is 0 Å². The van der Waals surface area contributed by atoms with Crippen molar-refractivity contribution in [3.05, 3.63) is 182 Å². The summed E-state index contributed by atoms with van der Waals surface area (Å²) >= 11 is -1.25. The molecule has 0 spiro atoms. The van der Waals surface area contributed by atoms with Crippen molar-refractivity contribution >= 4 is 114 Å². The average Bonchev–Trinajstić information content (AvgIpc) is 3.23. The van der Waals surface area contributed by atoms with Crippen LogP contribution in [0.5, 0.6) is 0 Å². The number of rotatable bonds is 15. The third-order valence-electron chi connectivity index (χ3n) is 14.5. The van der Waals surface area contributed by atoms with E-state index in [4.69, 9.17) is 0 Å². The number of benzene rings is 6. The Balaban J connectivity index is 1.80. The summed E-state index contributed by atoms with van der Waals surface area (Å²) in [5.74, 6) is 0. The monoisotopic (exact) mass is 1090 g/mol. The summed E-state index contributed by atoms with van der Waals surface area (Å²) in [5, 5.41) is 10.0. The van der Waals surface area contributed by atoms with Crippen molar-refractivity contribution < 1.29 is 0 Å². The van der Waals surface area contributed by atoms with E-state index in [9.17, 15) is 0 Å². The molecule has 0 fully saturated rings. The van der Waals surface area contributed by atoms with E-state index in [1.54, 1.807) is 31.1 Å². The molecule has 0 bridgehead atoms. The Kier molecular flexibility index (Phi) is 13.8. The molecule has 0 aliphatic carbocycles. The molecule has 0 N–H and O–H groups in total. The molecule has 6 aromatic rings. The molecular formula is C50H66Si6Te2. The predicted octanol–water partition coefficient (Wildman–Crippen LogP) is 9.56. The van der Waals surface area contributed by atoms with Gasteiger partial charge in [-0.1, -0.05) is 0 Å². The molecule has 0 saturated heterocycles. The van der Waals surface area contributed by atoms with Gasteiger partial charge < -0.3 is 0 Å². The van der Waals surface area contributed by atoms with Gasteiger partial charge in [0.15, 0.2) is 0 Å². The van der Waals surface area contributed by atoms with Crippen molar-refractivity contribution in [2.45, 2.75) is 83.2 Å². The van der Waals surface area contributed by atoms with Crippen molar-refractivity contribution in [1.29, 1.82) is 0 Å². The van der Waals surface area contributed by atoms with Crippen LogP contribution in [-0.2, 0) is 0 Å². The van der Waals surface area contributed by atoms with Crippen molar-refractivity contribution in [1.82, 2.24) is 0 Å². The molecule has 302 valence electrons. The van der Waals surface area contributed by atoms with Crippen molar-refractivity contribution in [3.8, 4) is 0 Å². The first kappa shape index (κ1) is 45.7. The van der Waals surface area contributed by atoms with Crippen molar-refractivity contribution in [2.75, 3.05) is 0 Å². The average molecular weight is 1090 g/mol. The minimum absolute atomic E-state index is 0.319. The van der Waals surface area contributed by atoms with Crippen LogP contribution < -0.4 is 31.1 Å². The normalized spacial score (nSPS) is 13.7. The minimum atomic E-state index is -2.25. The molecule has 0 saturated carbocycles. The summed E-state index contributed by atoms with van der Waals surface area (Å²) in [5.41, 5.74) is 0. The molecule has 0 amide bonds.